The maximum Gasteiger partial charge on any atom is 0.416 e. The van der Waals surface area contributed by atoms with Crippen LogP contribution < -0.4 is 5.32 Å². The molecule has 2 aromatic rings. The Labute approximate surface area is 164 Å². The minimum Gasteiger partial charge on any atom is -0.309 e. The highest BCUT2D eigenvalue weighted by Gasteiger charge is 2.49. The van der Waals surface area contributed by atoms with Crippen molar-refractivity contribution in [1.82, 2.24) is 9.78 Å². The number of rotatable bonds is 4. The molecule has 2 fully saturated rings. The molecular weight excluding hydrogens is 393 g/mol. The number of alkyl halides is 5. The summed E-state index contributed by atoms with van der Waals surface area (Å²) < 4.78 is 66.3. The summed E-state index contributed by atoms with van der Waals surface area (Å²) in [5, 5.41) is 7.03. The topological polar surface area (TPSA) is 46.9 Å². The third kappa shape index (κ3) is 3.74. The fraction of sp³-hybridized carbons (Fsp3) is 0.500. The molecule has 1 heterocycles. The maximum absolute atomic E-state index is 13.1. The van der Waals surface area contributed by atoms with E-state index in [2.05, 4.69) is 10.4 Å². The SMILES string of the molecule is Cn1nc(NC(=O)C2CC(F)(F)C2)c(C2CCC2)c1-c1ccc(C(F)(F)F)cc1. The van der Waals surface area contributed by atoms with Crippen LogP contribution in [0.4, 0.5) is 27.8 Å². The lowest BCUT2D eigenvalue weighted by atomic mass is 9.78. The minimum atomic E-state index is -4.42. The van der Waals surface area contributed by atoms with Crippen LogP contribution in [0, 0.1) is 5.92 Å². The summed E-state index contributed by atoms with van der Waals surface area (Å²) in [5.41, 5.74) is 1.22. The Bertz CT molecular complexity index is 921. The fourth-order valence-corrected chi connectivity index (χ4v) is 3.94. The molecule has 0 spiro atoms. The predicted octanol–water partition coefficient (Wildman–Crippen LogP) is 5.36. The summed E-state index contributed by atoms with van der Waals surface area (Å²) in [5.74, 6) is -3.61. The summed E-state index contributed by atoms with van der Waals surface area (Å²) in [7, 11) is 1.66. The molecule has 29 heavy (non-hydrogen) atoms. The minimum absolute atomic E-state index is 0.124. The Balaban J connectivity index is 1.65. The molecule has 2 aliphatic carbocycles. The number of benzene rings is 1. The first-order chi connectivity index (χ1) is 13.5. The summed E-state index contributed by atoms with van der Waals surface area (Å²) in [6, 6.07) is 4.81. The number of carbonyl (C=O) groups is 1. The summed E-state index contributed by atoms with van der Waals surface area (Å²) in [4.78, 5) is 12.4. The molecule has 1 amide bonds. The van der Waals surface area contributed by atoms with E-state index < -0.39 is 42.3 Å². The largest absolute Gasteiger partial charge is 0.416 e. The van der Waals surface area contributed by atoms with Gasteiger partial charge in [0.25, 0.3) is 0 Å². The third-order valence-corrected chi connectivity index (χ3v) is 5.79. The van der Waals surface area contributed by atoms with Crippen molar-refractivity contribution in [2.75, 3.05) is 5.32 Å². The van der Waals surface area contributed by atoms with Gasteiger partial charge in [-0.15, -0.1) is 0 Å². The van der Waals surface area contributed by atoms with Gasteiger partial charge in [-0.05, 0) is 30.9 Å². The van der Waals surface area contributed by atoms with Crippen molar-refractivity contribution in [3.8, 4) is 11.3 Å². The molecule has 2 aliphatic rings. The van der Waals surface area contributed by atoms with E-state index in [9.17, 15) is 26.7 Å². The zero-order valence-corrected chi connectivity index (χ0v) is 15.7. The Morgan fingerprint density at radius 1 is 1.17 bits per heavy atom. The van der Waals surface area contributed by atoms with E-state index in [1.165, 1.54) is 16.8 Å². The van der Waals surface area contributed by atoms with Crippen LogP contribution in [-0.4, -0.2) is 21.6 Å². The number of anilines is 1. The number of nitrogens with one attached hydrogen (secondary N) is 1. The van der Waals surface area contributed by atoms with Crippen LogP contribution in [0.1, 0.15) is 49.1 Å². The average molecular weight is 413 g/mol. The van der Waals surface area contributed by atoms with Gasteiger partial charge >= 0.3 is 6.18 Å². The Morgan fingerprint density at radius 3 is 2.28 bits per heavy atom. The van der Waals surface area contributed by atoms with Crippen molar-refractivity contribution in [3.63, 3.8) is 0 Å². The third-order valence-electron chi connectivity index (χ3n) is 5.79. The molecule has 0 saturated heterocycles. The standard InChI is InChI=1S/C20H20F5N3O/c1-28-16(12-5-7-14(8-6-12)20(23,24)25)15(11-3-2-4-11)17(27-28)26-18(29)13-9-19(21,22)10-13/h5-8,11,13H,2-4,9-10H2,1H3,(H,26,27,29). The predicted molar refractivity (Wildman–Crippen MR) is 96.5 cm³/mol. The van der Waals surface area contributed by atoms with Crippen LogP contribution in [0.3, 0.4) is 0 Å². The molecule has 0 atom stereocenters. The number of amides is 1. The first kappa shape index (κ1) is 19.8. The van der Waals surface area contributed by atoms with Crippen molar-refractivity contribution < 1.29 is 26.7 Å². The van der Waals surface area contributed by atoms with E-state index in [1.807, 2.05) is 0 Å². The van der Waals surface area contributed by atoms with Gasteiger partial charge in [-0.3, -0.25) is 9.48 Å². The van der Waals surface area contributed by atoms with Crippen LogP contribution in [0.5, 0.6) is 0 Å². The molecule has 4 rings (SSSR count). The van der Waals surface area contributed by atoms with E-state index in [-0.39, 0.29) is 5.92 Å². The quantitative estimate of drug-likeness (QED) is 0.687. The zero-order valence-electron chi connectivity index (χ0n) is 15.7. The fourth-order valence-electron chi connectivity index (χ4n) is 3.94. The number of hydrogen-bond donors (Lipinski definition) is 1. The van der Waals surface area contributed by atoms with Crippen LogP contribution in [-0.2, 0) is 18.0 Å². The lowest BCUT2D eigenvalue weighted by Crippen LogP contribution is -2.42. The van der Waals surface area contributed by atoms with Gasteiger partial charge in [-0.25, -0.2) is 8.78 Å². The lowest BCUT2D eigenvalue weighted by Gasteiger charge is -2.33. The molecule has 1 N–H and O–H groups in total. The molecule has 0 unspecified atom stereocenters. The second kappa shape index (κ2) is 6.81. The number of halogens is 5. The monoisotopic (exact) mass is 413 g/mol. The molecule has 9 heteroatoms. The summed E-state index contributed by atoms with van der Waals surface area (Å²) >= 11 is 0. The van der Waals surface area contributed by atoms with E-state index in [0.29, 0.717) is 17.1 Å². The van der Waals surface area contributed by atoms with Gasteiger partial charge < -0.3 is 5.32 Å². The molecular formula is C20H20F5N3O. The van der Waals surface area contributed by atoms with E-state index >= 15 is 0 Å². The van der Waals surface area contributed by atoms with Gasteiger partial charge in [0.1, 0.15) is 0 Å². The second-order valence-electron chi connectivity index (χ2n) is 7.89. The number of nitrogens with zero attached hydrogens (tertiary/aromatic N) is 2. The number of carbonyl (C=O) groups excluding carboxylic acids is 1. The van der Waals surface area contributed by atoms with E-state index in [1.54, 1.807) is 7.05 Å². The molecule has 0 aliphatic heterocycles. The summed E-state index contributed by atoms with van der Waals surface area (Å²) in [6.07, 6.45) is -2.61. The maximum atomic E-state index is 13.1. The molecule has 0 bridgehead atoms. The highest BCUT2D eigenvalue weighted by Crippen LogP contribution is 2.46. The van der Waals surface area contributed by atoms with Crippen LogP contribution >= 0.6 is 0 Å². The molecule has 1 aromatic heterocycles. The van der Waals surface area contributed by atoms with Gasteiger partial charge in [-0.1, -0.05) is 18.6 Å². The van der Waals surface area contributed by atoms with E-state index in [0.717, 1.165) is 37.0 Å². The Morgan fingerprint density at radius 2 is 1.79 bits per heavy atom. The van der Waals surface area contributed by atoms with Crippen molar-refractivity contribution >= 4 is 11.7 Å². The molecule has 4 nitrogen and oxygen atoms in total. The van der Waals surface area contributed by atoms with Gasteiger partial charge in [0.05, 0.1) is 11.3 Å². The first-order valence-electron chi connectivity index (χ1n) is 9.48. The van der Waals surface area contributed by atoms with E-state index in [4.69, 9.17) is 0 Å². The number of aryl methyl sites for hydroxylation is 1. The lowest BCUT2D eigenvalue weighted by molar-refractivity contribution is -0.145. The van der Waals surface area contributed by atoms with Crippen molar-refractivity contribution in [2.24, 2.45) is 13.0 Å². The normalized spacial score (nSPS) is 19.5. The molecule has 156 valence electrons. The van der Waals surface area contributed by atoms with Crippen molar-refractivity contribution in [2.45, 2.75) is 50.1 Å². The van der Waals surface area contributed by atoms with Gasteiger partial charge in [0.15, 0.2) is 5.82 Å². The van der Waals surface area contributed by atoms with Crippen molar-refractivity contribution in [3.05, 3.63) is 35.4 Å². The van der Waals surface area contributed by atoms with Gasteiger partial charge in [-0.2, -0.15) is 18.3 Å². The first-order valence-corrected chi connectivity index (χ1v) is 9.48. The van der Waals surface area contributed by atoms with Crippen LogP contribution in [0.2, 0.25) is 0 Å². The Kier molecular flexibility index (Phi) is 4.66. The Hall–Kier alpha value is -2.45. The molecule has 1 aromatic carbocycles. The van der Waals surface area contributed by atoms with Crippen LogP contribution in [0.15, 0.2) is 24.3 Å². The average Bonchev–Trinajstić information content (AvgIpc) is 2.86. The second-order valence-corrected chi connectivity index (χ2v) is 7.89. The number of hydrogen-bond acceptors (Lipinski definition) is 2. The smallest absolute Gasteiger partial charge is 0.309 e. The number of aromatic nitrogens is 2. The van der Waals surface area contributed by atoms with Crippen molar-refractivity contribution in [1.29, 1.82) is 0 Å². The molecule has 2 saturated carbocycles. The van der Waals surface area contributed by atoms with Crippen LogP contribution in [0.25, 0.3) is 11.3 Å². The van der Waals surface area contributed by atoms with Gasteiger partial charge in [0, 0.05) is 36.9 Å². The highest BCUT2D eigenvalue weighted by atomic mass is 19.4. The zero-order chi connectivity index (χ0) is 21.0. The van der Waals surface area contributed by atoms with Gasteiger partial charge in [0.2, 0.25) is 11.8 Å². The highest BCUT2D eigenvalue weighted by molar-refractivity contribution is 5.94. The molecule has 0 radical (unpaired) electrons. The summed E-state index contributed by atoms with van der Waals surface area (Å²) in [6.45, 7) is 0.